The number of benzene rings is 1. The lowest BCUT2D eigenvalue weighted by Crippen LogP contribution is -2.27. The smallest absolute Gasteiger partial charge is 0.412 e. The maximum absolute atomic E-state index is 11.6. The molecule has 3 N–H and O–H groups in total. The summed E-state index contributed by atoms with van der Waals surface area (Å²) in [4.78, 5) is 22.2. The standard InChI is InChI=1S/C12H15BrN2O4/c1-12(2,3)19-11(18)15-9-6-7(14-10(16)17)4-5-8(9)13/h4-6,14H,1-3H3,(H,15,18)(H,16,17). The zero-order chi connectivity index (χ0) is 14.6. The van der Waals surface area contributed by atoms with E-state index in [2.05, 4.69) is 26.6 Å². The van der Waals surface area contributed by atoms with Gasteiger partial charge in [0.05, 0.1) is 5.69 Å². The molecule has 0 saturated carbocycles. The molecule has 104 valence electrons. The lowest BCUT2D eigenvalue weighted by molar-refractivity contribution is 0.0636. The molecule has 1 aromatic rings. The Labute approximate surface area is 119 Å². The molecule has 0 heterocycles. The van der Waals surface area contributed by atoms with E-state index in [1.807, 2.05) is 0 Å². The molecule has 1 aromatic carbocycles. The summed E-state index contributed by atoms with van der Waals surface area (Å²) < 4.78 is 5.73. The van der Waals surface area contributed by atoms with Gasteiger partial charge in [-0.05, 0) is 54.9 Å². The Morgan fingerprint density at radius 3 is 2.42 bits per heavy atom. The van der Waals surface area contributed by atoms with Gasteiger partial charge in [-0.1, -0.05) is 0 Å². The van der Waals surface area contributed by atoms with Gasteiger partial charge in [-0.2, -0.15) is 0 Å². The summed E-state index contributed by atoms with van der Waals surface area (Å²) in [5.41, 5.74) is 0.162. The first kappa shape index (κ1) is 15.3. The largest absolute Gasteiger partial charge is 0.465 e. The zero-order valence-corrected chi connectivity index (χ0v) is 12.4. The van der Waals surface area contributed by atoms with Gasteiger partial charge >= 0.3 is 12.2 Å². The summed E-state index contributed by atoms with van der Waals surface area (Å²) in [5, 5.41) is 13.4. The van der Waals surface area contributed by atoms with Gasteiger partial charge in [-0.3, -0.25) is 10.6 Å². The number of carboxylic acid groups (broad SMARTS) is 1. The molecule has 19 heavy (non-hydrogen) atoms. The van der Waals surface area contributed by atoms with Crippen LogP contribution in [-0.2, 0) is 4.74 Å². The van der Waals surface area contributed by atoms with Crippen LogP contribution in [0.25, 0.3) is 0 Å². The fraction of sp³-hybridized carbons (Fsp3) is 0.333. The van der Waals surface area contributed by atoms with Crippen LogP contribution in [0.1, 0.15) is 20.8 Å². The third kappa shape index (κ3) is 5.60. The molecule has 7 heteroatoms. The molecule has 0 aliphatic heterocycles. The van der Waals surface area contributed by atoms with Crippen molar-refractivity contribution in [3.8, 4) is 0 Å². The highest BCUT2D eigenvalue weighted by atomic mass is 79.9. The van der Waals surface area contributed by atoms with Gasteiger partial charge in [0.1, 0.15) is 5.60 Å². The molecular formula is C12H15BrN2O4. The van der Waals surface area contributed by atoms with Gasteiger partial charge in [-0.15, -0.1) is 0 Å². The lowest BCUT2D eigenvalue weighted by atomic mass is 10.2. The highest BCUT2D eigenvalue weighted by Crippen LogP contribution is 2.26. The molecule has 0 fully saturated rings. The topological polar surface area (TPSA) is 87.7 Å². The first-order valence-corrected chi connectivity index (χ1v) is 6.26. The van der Waals surface area contributed by atoms with Crippen molar-refractivity contribution in [3.05, 3.63) is 22.7 Å². The number of carbonyl (C=O) groups excluding carboxylic acids is 1. The van der Waals surface area contributed by atoms with Crippen LogP contribution in [0.15, 0.2) is 22.7 Å². The average Bonchev–Trinajstić information content (AvgIpc) is 2.19. The van der Waals surface area contributed by atoms with Crippen LogP contribution in [0.5, 0.6) is 0 Å². The highest BCUT2D eigenvalue weighted by molar-refractivity contribution is 9.10. The fourth-order valence-electron chi connectivity index (χ4n) is 1.24. The van der Waals surface area contributed by atoms with Crippen LogP contribution in [0, 0.1) is 0 Å². The summed E-state index contributed by atoms with van der Waals surface area (Å²) in [7, 11) is 0. The summed E-state index contributed by atoms with van der Waals surface area (Å²) in [6, 6.07) is 4.68. The number of ether oxygens (including phenoxy) is 1. The van der Waals surface area contributed by atoms with Crippen molar-refractivity contribution in [1.82, 2.24) is 0 Å². The van der Waals surface area contributed by atoms with E-state index < -0.39 is 17.8 Å². The van der Waals surface area contributed by atoms with Gasteiger partial charge in [0.15, 0.2) is 0 Å². The molecule has 0 spiro atoms. The van der Waals surface area contributed by atoms with Crippen LogP contribution in [0.2, 0.25) is 0 Å². The van der Waals surface area contributed by atoms with E-state index in [9.17, 15) is 9.59 Å². The Kier molecular flexibility index (Phi) is 4.77. The number of amides is 2. The Morgan fingerprint density at radius 2 is 1.89 bits per heavy atom. The van der Waals surface area contributed by atoms with Crippen molar-refractivity contribution in [2.75, 3.05) is 10.6 Å². The molecule has 0 bridgehead atoms. The third-order valence-electron chi connectivity index (χ3n) is 1.85. The van der Waals surface area contributed by atoms with Gasteiger partial charge in [0.2, 0.25) is 0 Å². The van der Waals surface area contributed by atoms with E-state index in [4.69, 9.17) is 9.84 Å². The van der Waals surface area contributed by atoms with Crippen LogP contribution in [0.4, 0.5) is 21.0 Å². The second-order valence-electron chi connectivity index (χ2n) is 4.75. The van der Waals surface area contributed by atoms with Crippen molar-refractivity contribution in [2.24, 2.45) is 0 Å². The number of halogens is 1. The van der Waals surface area contributed by atoms with E-state index in [0.717, 1.165) is 0 Å². The maximum atomic E-state index is 11.6. The summed E-state index contributed by atoms with van der Waals surface area (Å²) in [5.74, 6) is 0. The molecule has 6 nitrogen and oxygen atoms in total. The first-order valence-electron chi connectivity index (χ1n) is 5.47. The van der Waals surface area contributed by atoms with Crippen molar-refractivity contribution in [1.29, 1.82) is 0 Å². The van der Waals surface area contributed by atoms with Crippen molar-refractivity contribution >= 4 is 39.5 Å². The molecule has 0 aliphatic carbocycles. The molecule has 0 unspecified atom stereocenters. The number of hydrogen-bond acceptors (Lipinski definition) is 3. The van der Waals surface area contributed by atoms with Crippen LogP contribution < -0.4 is 10.6 Å². The zero-order valence-electron chi connectivity index (χ0n) is 10.8. The van der Waals surface area contributed by atoms with E-state index >= 15 is 0 Å². The number of carbonyl (C=O) groups is 2. The number of nitrogens with one attached hydrogen (secondary N) is 2. The maximum Gasteiger partial charge on any atom is 0.412 e. The molecule has 1 rings (SSSR count). The predicted octanol–water partition coefficient (Wildman–Crippen LogP) is 3.89. The Bertz CT molecular complexity index is 497. The summed E-state index contributed by atoms with van der Waals surface area (Å²) >= 11 is 3.26. The van der Waals surface area contributed by atoms with Gasteiger partial charge < -0.3 is 9.84 Å². The molecule has 0 aliphatic rings. The van der Waals surface area contributed by atoms with Crippen molar-refractivity contribution in [2.45, 2.75) is 26.4 Å². The van der Waals surface area contributed by atoms with Crippen LogP contribution in [-0.4, -0.2) is 22.9 Å². The number of anilines is 2. The van der Waals surface area contributed by atoms with E-state index in [1.165, 1.54) is 6.07 Å². The van der Waals surface area contributed by atoms with Crippen LogP contribution >= 0.6 is 15.9 Å². The molecule has 2 amide bonds. The number of hydrogen-bond donors (Lipinski definition) is 3. The Balaban J connectivity index is 2.82. The second kappa shape index (κ2) is 5.92. The first-order chi connectivity index (χ1) is 8.67. The van der Waals surface area contributed by atoms with E-state index in [-0.39, 0.29) is 0 Å². The van der Waals surface area contributed by atoms with Gasteiger partial charge in [-0.25, -0.2) is 9.59 Å². The number of rotatable bonds is 2. The van der Waals surface area contributed by atoms with Gasteiger partial charge in [0.25, 0.3) is 0 Å². The summed E-state index contributed by atoms with van der Waals surface area (Å²) in [6.45, 7) is 5.26. The van der Waals surface area contributed by atoms with E-state index in [1.54, 1.807) is 32.9 Å². The quantitative estimate of drug-likeness (QED) is 0.767. The lowest BCUT2D eigenvalue weighted by Gasteiger charge is -2.20. The average molecular weight is 331 g/mol. The minimum absolute atomic E-state index is 0.349. The molecule has 0 radical (unpaired) electrons. The van der Waals surface area contributed by atoms with Crippen molar-refractivity contribution < 1.29 is 19.4 Å². The van der Waals surface area contributed by atoms with Crippen LogP contribution in [0.3, 0.4) is 0 Å². The molecule has 0 aromatic heterocycles. The van der Waals surface area contributed by atoms with Crippen molar-refractivity contribution in [3.63, 3.8) is 0 Å². The minimum Gasteiger partial charge on any atom is -0.465 e. The predicted molar refractivity (Wildman–Crippen MR) is 75.6 cm³/mol. The molecule has 0 atom stereocenters. The minimum atomic E-state index is -1.18. The highest BCUT2D eigenvalue weighted by Gasteiger charge is 2.17. The SMILES string of the molecule is CC(C)(C)OC(=O)Nc1cc(NC(=O)O)ccc1Br. The molecule has 0 saturated heterocycles. The third-order valence-corrected chi connectivity index (χ3v) is 2.54. The Morgan fingerprint density at radius 1 is 1.26 bits per heavy atom. The molecular weight excluding hydrogens is 316 g/mol. The second-order valence-corrected chi connectivity index (χ2v) is 5.61. The fourth-order valence-corrected chi connectivity index (χ4v) is 1.58. The monoisotopic (exact) mass is 330 g/mol. The van der Waals surface area contributed by atoms with E-state index in [0.29, 0.717) is 15.8 Å². The normalized spacial score (nSPS) is 10.7. The Hall–Kier alpha value is -1.76. The summed E-state index contributed by atoms with van der Waals surface area (Å²) in [6.07, 6.45) is -1.79. The van der Waals surface area contributed by atoms with Gasteiger partial charge in [0, 0.05) is 10.2 Å².